The van der Waals surface area contributed by atoms with Crippen molar-refractivity contribution in [1.82, 2.24) is 4.98 Å². The Morgan fingerprint density at radius 2 is 2.21 bits per heavy atom. The van der Waals surface area contributed by atoms with Gasteiger partial charge < -0.3 is 4.74 Å². The molecule has 0 aromatic carbocycles. The molecule has 3 heteroatoms. The van der Waals surface area contributed by atoms with Gasteiger partial charge in [0.05, 0.1) is 0 Å². The molecule has 1 aromatic rings. The first-order chi connectivity index (χ1) is 6.79. The zero-order valence-electron chi connectivity index (χ0n) is 7.99. The SMILES string of the molecule is CC(=O)OCCC#Cc1ccncc1. The van der Waals surface area contributed by atoms with Gasteiger partial charge in [0.25, 0.3) is 0 Å². The van der Waals surface area contributed by atoms with Crippen LogP contribution in [0.1, 0.15) is 18.9 Å². The van der Waals surface area contributed by atoms with E-state index in [1.54, 1.807) is 12.4 Å². The Labute approximate surface area is 83.1 Å². The lowest BCUT2D eigenvalue weighted by Crippen LogP contribution is -1.98. The summed E-state index contributed by atoms with van der Waals surface area (Å²) in [7, 11) is 0. The highest BCUT2D eigenvalue weighted by molar-refractivity contribution is 5.65. The molecule has 0 amide bonds. The van der Waals surface area contributed by atoms with Gasteiger partial charge in [0.2, 0.25) is 0 Å². The van der Waals surface area contributed by atoms with E-state index < -0.39 is 0 Å². The van der Waals surface area contributed by atoms with Crippen LogP contribution in [-0.4, -0.2) is 17.6 Å². The third-order valence-corrected chi connectivity index (χ3v) is 1.45. The molecule has 0 saturated heterocycles. The lowest BCUT2D eigenvalue weighted by molar-refractivity contribution is -0.140. The number of hydrogen-bond acceptors (Lipinski definition) is 3. The van der Waals surface area contributed by atoms with Crippen LogP contribution < -0.4 is 0 Å². The summed E-state index contributed by atoms with van der Waals surface area (Å²) in [5, 5.41) is 0. The summed E-state index contributed by atoms with van der Waals surface area (Å²) in [6.45, 7) is 1.74. The molecule has 1 rings (SSSR count). The maximum atomic E-state index is 10.4. The van der Waals surface area contributed by atoms with E-state index in [1.165, 1.54) is 6.92 Å². The van der Waals surface area contributed by atoms with Gasteiger partial charge in [0.15, 0.2) is 0 Å². The van der Waals surface area contributed by atoms with E-state index in [4.69, 9.17) is 4.74 Å². The predicted octanol–water partition coefficient (Wildman–Crippen LogP) is 1.39. The Morgan fingerprint density at radius 1 is 1.50 bits per heavy atom. The zero-order chi connectivity index (χ0) is 10.2. The highest BCUT2D eigenvalue weighted by atomic mass is 16.5. The lowest BCUT2D eigenvalue weighted by Gasteiger charge is -1.94. The average Bonchev–Trinajstić information content (AvgIpc) is 2.18. The van der Waals surface area contributed by atoms with Gasteiger partial charge in [0.1, 0.15) is 6.61 Å². The van der Waals surface area contributed by atoms with Crippen LogP contribution in [0, 0.1) is 11.8 Å². The minimum atomic E-state index is -0.268. The molecule has 0 saturated carbocycles. The maximum Gasteiger partial charge on any atom is 0.302 e. The molecule has 0 unspecified atom stereocenters. The Morgan fingerprint density at radius 3 is 2.86 bits per heavy atom. The summed E-state index contributed by atoms with van der Waals surface area (Å²) < 4.78 is 4.73. The van der Waals surface area contributed by atoms with Gasteiger partial charge in [-0.1, -0.05) is 11.8 Å². The van der Waals surface area contributed by atoms with Gasteiger partial charge in [-0.3, -0.25) is 9.78 Å². The molecule has 0 spiro atoms. The second kappa shape index (κ2) is 5.76. The fourth-order valence-corrected chi connectivity index (χ4v) is 0.846. The van der Waals surface area contributed by atoms with E-state index in [-0.39, 0.29) is 5.97 Å². The Kier molecular flexibility index (Phi) is 4.22. The van der Waals surface area contributed by atoms with Crippen molar-refractivity contribution in [2.24, 2.45) is 0 Å². The summed E-state index contributed by atoms with van der Waals surface area (Å²) in [4.78, 5) is 14.3. The number of rotatable bonds is 2. The standard InChI is InChI=1S/C11H11NO2/c1-10(13)14-9-3-2-4-11-5-7-12-8-6-11/h5-8H,3,9H2,1H3. The number of pyridine rings is 1. The number of carbonyl (C=O) groups excluding carboxylic acids is 1. The molecular formula is C11H11NO2. The third kappa shape index (κ3) is 4.27. The summed E-state index contributed by atoms with van der Waals surface area (Å²) >= 11 is 0. The molecule has 0 radical (unpaired) electrons. The van der Waals surface area contributed by atoms with E-state index in [0.29, 0.717) is 13.0 Å². The van der Waals surface area contributed by atoms with Crippen LogP contribution in [0.25, 0.3) is 0 Å². The highest BCUT2D eigenvalue weighted by Crippen LogP contribution is 1.92. The lowest BCUT2D eigenvalue weighted by atomic mass is 10.3. The van der Waals surface area contributed by atoms with Crippen LogP contribution in [0.2, 0.25) is 0 Å². The monoisotopic (exact) mass is 189 g/mol. The second-order valence-electron chi connectivity index (χ2n) is 2.63. The quantitative estimate of drug-likeness (QED) is 0.401. The first-order valence-corrected chi connectivity index (χ1v) is 4.31. The Hall–Kier alpha value is -1.82. The number of esters is 1. The van der Waals surface area contributed by atoms with Gasteiger partial charge in [0, 0.05) is 31.3 Å². The number of ether oxygens (including phenoxy) is 1. The van der Waals surface area contributed by atoms with Gasteiger partial charge in [-0.15, -0.1) is 0 Å². The maximum absolute atomic E-state index is 10.4. The smallest absolute Gasteiger partial charge is 0.302 e. The molecule has 0 aliphatic carbocycles. The molecule has 0 atom stereocenters. The summed E-state index contributed by atoms with van der Waals surface area (Å²) in [6, 6.07) is 3.66. The molecule has 0 fully saturated rings. The van der Waals surface area contributed by atoms with Gasteiger partial charge in [-0.05, 0) is 12.1 Å². The molecule has 3 nitrogen and oxygen atoms in total. The van der Waals surface area contributed by atoms with Crippen molar-refractivity contribution in [3.8, 4) is 11.8 Å². The third-order valence-electron chi connectivity index (χ3n) is 1.45. The van der Waals surface area contributed by atoms with E-state index >= 15 is 0 Å². The van der Waals surface area contributed by atoms with Crippen LogP contribution in [0.5, 0.6) is 0 Å². The van der Waals surface area contributed by atoms with Crippen LogP contribution in [0.4, 0.5) is 0 Å². The van der Waals surface area contributed by atoms with E-state index in [2.05, 4.69) is 16.8 Å². The minimum Gasteiger partial charge on any atom is -0.465 e. The molecule has 1 aromatic heterocycles. The van der Waals surface area contributed by atoms with E-state index in [1.807, 2.05) is 12.1 Å². The van der Waals surface area contributed by atoms with Crippen LogP contribution in [-0.2, 0) is 9.53 Å². The van der Waals surface area contributed by atoms with Crippen molar-refractivity contribution in [2.45, 2.75) is 13.3 Å². The van der Waals surface area contributed by atoms with Crippen molar-refractivity contribution >= 4 is 5.97 Å². The van der Waals surface area contributed by atoms with Crippen molar-refractivity contribution in [1.29, 1.82) is 0 Å². The van der Waals surface area contributed by atoms with Crippen LogP contribution >= 0.6 is 0 Å². The van der Waals surface area contributed by atoms with Crippen molar-refractivity contribution < 1.29 is 9.53 Å². The number of nitrogens with zero attached hydrogens (tertiary/aromatic N) is 1. The second-order valence-corrected chi connectivity index (χ2v) is 2.63. The van der Waals surface area contributed by atoms with Crippen LogP contribution in [0.15, 0.2) is 24.5 Å². The first kappa shape index (κ1) is 10.3. The molecule has 1 heterocycles. The number of carbonyl (C=O) groups is 1. The van der Waals surface area contributed by atoms with Crippen molar-refractivity contribution in [3.05, 3.63) is 30.1 Å². The van der Waals surface area contributed by atoms with Gasteiger partial charge >= 0.3 is 5.97 Å². The topological polar surface area (TPSA) is 39.2 Å². The molecular weight excluding hydrogens is 178 g/mol. The number of aromatic nitrogens is 1. The van der Waals surface area contributed by atoms with E-state index in [9.17, 15) is 4.79 Å². The predicted molar refractivity (Wildman–Crippen MR) is 52.4 cm³/mol. The van der Waals surface area contributed by atoms with Crippen molar-refractivity contribution in [3.63, 3.8) is 0 Å². The molecule has 0 aliphatic heterocycles. The Balaban J connectivity index is 2.31. The molecule has 0 aliphatic rings. The largest absolute Gasteiger partial charge is 0.465 e. The van der Waals surface area contributed by atoms with Gasteiger partial charge in [-0.25, -0.2) is 0 Å². The first-order valence-electron chi connectivity index (χ1n) is 4.31. The molecule has 0 bridgehead atoms. The summed E-state index contributed by atoms with van der Waals surface area (Å²) in [5.74, 6) is 5.57. The van der Waals surface area contributed by atoms with Gasteiger partial charge in [-0.2, -0.15) is 0 Å². The van der Waals surface area contributed by atoms with Crippen LogP contribution in [0.3, 0.4) is 0 Å². The summed E-state index contributed by atoms with van der Waals surface area (Å²) in [6.07, 6.45) is 3.94. The fraction of sp³-hybridized carbons (Fsp3) is 0.273. The fourth-order valence-electron chi connectivity index (χ4n) is 0.846. The molecule has 0 N–H and O–H groups in total. The Bertz CT molecular complexity index is 349. The molecule has 14 heavy (non-hydrogen) atoms. The molecule has 72 valence electrons. The highest BCUT2D eigenvalue weighted by Gasteiger charge is 1.88. The minimum absolute atomic E-state index is 0.268. The average molecular weight is 189 g/mol. The zero-order valence-corrected chi connectivity index (χ0v) is 7.99. The normalized spacial score (nSPS) is 8.64. The number of hydrogen-bond donors (Lipinski definition) is 0. The van der Waals surface area contributed by atoms with E-state index in [0.717, 1.165) is 5.56 Å². The summed E-state index contributed by atoms with van der Waals surface area (Å²) in [5.41, 5.74) is 0.919. The van der Waals surface area contributed by atoms with Crippen molar-refractivity contribution in [2.75, 3.05) is 6.61 Å².